The van der Waals surface area contributed by atoms with Gasteiger partial charge in [0.25, 0.3) is 0 Å². The topological polar surface area (TPSA) is 58.4 Å². The second-order valence-corrected chi connectivity index (χ2v) is 6.83. The van der Waals surface area contributed by atoms with E-state index in [2.05, 4.69) is 17.3 Å². The molecule has 1 aliphatic heterocycles. The van der Waals surface area contributed by atoms with Crippen molar-refractivity contribution in [1.82, 2.24) is 4.90 Å². The Bertz CT molecular complexity index is 498. The molecule has 0 spiro atoms. The van der Waals surface area contributed by atoms with Crippen LogP contribution in [-0.4, -0.2) is 46.9 Å². The van der Waals surface area contributed by atoms with Gasteiger partial charge in [0.1, 0.15) is 4.99 Å². The first-order valence-electron chi connectivity index (χ1n) is 7.04. The summed E-state index contributed by atoms with van der Waals surface area (Å²) in [6, 6.07) is 7.90. The largest absolute Gasteiger partial charge is 0.389 e. The van der Waals surface area contributed by atoms with Crippen molar-refractivity contribution in [3.05, 3.63) is 29.8 Å². The number of carbonyl (C=O) groups is 1. The number of hydrogen-bond donors (Lipinski definition) is 2. The second kappa shape index (κ2) is 7.77. The predicted octanol–water partition coefficient (Wildman–Crippen LogP) is 2.09. The van der Waals surface area contributed by atoms with Crippen molar-refractivity contribution in [2.45, 2.75) is 18.9 Å². The van der Waals surface area contributed by atoms with Gasteiger partial charge in [-0.25, -0.2) is 0 Å². The van der Waals surface area contributed by atoms with E-state index in [1.165, 1.54) is 17.9 Å². The summed E-state index contributed by atoms with van der Waals surface area (Å²) in [5, 5.41) is 2.90. The summed E-state index contributed by atoms with van der Waals surface area (Å²) >= 11 is 6.89. The molecule has 0 aliphatic carbocycles. The zero-order chi connectivity index (χ0) is 15.2. The molecular formula is C15H21N3OS2. The third-order valence-corrected chi connectivity index (χ3v) is 5.05. The third kappa shape index (κ3) is 4.98. The molecule has 3 N–H and O–H groups in total. The van der Waals surface area contributed by atoms with Crippen LogP contribution >= 0.6 is 24.0 Å². The summed E-state index contributed by atoms with van der Waals surface area (Å²) < 4.78 is 0. The number of nitrogens with one attached hydrogen (secondary N) is 1. The van der Waals surface area contributed by atoms with E-state index in [4.69, 9.17) is 18.0 Å². The van der Waals surface area contributed by atoms with E-state index in [9.17, 15) is 4.79 Å². The van der Waals surface area contributed by atoms with Gasteiger partial charge in [-0.1, -0.05) is 12.2 Å². The van der Waals surface area contributed by atoms with Gasteiger partial charge in [-0.15, -0.1) is 0 Å². The van der Waals surface area contributed by atoms with Crippen LogP contribution < -0.4 is 11.1 Å². The summed E-state index contributed by atoms with van der Waals surface area (Å²) in [7, 11) is 2.10. The highest BCUT2D eigenvalue weighted by atomic mass is 32.2. The molecule has 1 fully saturated rings. The molecule has 1 atom stereocenters. The van der Waals surface area contributed by atoms with Crippen molar-refractivity contribution >= 4 is 40.6 Å². The minimum atomic E-state index is 0.0376. The number of rotatable bonds is 6. The van der Waals surface area contributed by atoms with E-state index in [0.29, 0.717) is 17.5 Å². The van der Waals surface area contributed by atoms with Crippen LogP contribution in [0.4, 0.5) is 5.69 Å². The first-order chi connectivity index (χ1) is 10.1. The Balaban J connectivity index is 1.77. The Morgan fingerprint density at radius 2 is 2.19 bits per heavy atom. The molecule has 0 radical (unpaired) electrons. The molecule has 1 unspecified atom stereocenters. The molecule has 1 aromatic carbocycles. The first kappa shape index (κ1) is 16.3. The van der Waals surface area contributed by atoms with Gasteiger partial charge in [0.05, 0.1) is 0 Å². The molecule has 0 bridgehead atoms. The number of benzene rings is 1. The maximum atomic E-state index is 12.0. The van der Waals surface area contributed by atoms with Gasteiger partial charge in [0.2, 0.25) is 5.91 Å². The number of amides is 1. The van der Waals surface area contributed by atoms with E-state index in [1.807, 2.05) is 36.0 Å². The summed E-state index contributed by atoms with van der Waals surface area (Å²) in [5.74, 6) is 2.45. The quantitative estimate of drug-likeness (QED) is 0.785. The Morgan fingerprint density at radius 1 is 1.48 bits per heavy atom. The smallest absolute Gasteiger partial charge is 0.225 e. The zero-order valence-corrected chi connectivity index (χ0v) is 13.8. The van der Waals surface area contributed by atoms with Crippen LogP contribution in [-0.2, 0) is 4.79 Å². The number of thioether (sulfide) groups is 1. The monoisotopic (exact) mass is 323 g/mol. The lowest BCUT2D eigenvalue weighted by Crippen LogP contribution is -2.34. The van der Waals surface area contributed by atoms with Crippen LogP contribution in [0.3, 0.4) is 0 Å². The first-order valence-corrected chi connectivity index (χ1v) is 8.60. The van der Waals surface area contributed by atoms with Crippen LogP contribution in [0.5, 0.6) is 0 Å². The second-order valence-electron chi connectivity index (χ2n) is 5.24. The highest BCUT2D eigenvalue weighted by Crippen LogP contribution is 2.21. The lowest BCUT2D eigenvalue weighted by Gasteiger charge is -2.22. The number of thiocarbonyl (C=S) groups is 1. The van der Waals surface area contributed by atoms with Crippen molar-refractivity contribution in [2.24, 2.45) is 5.73 Å². The normalized spacial score (nSPS) is 17.9. The van der Waals surface area contributed by atoms with Crippen molar-refractivity contribution < 1.29 is 4.79 Å². The average molecular weight is 323 g/mol. The van der Waals surface area contributed by atoms with Gasteiger partial charge < -0.3 is 16.0 Å². The van der Waals surface area contributed by atoms with Crippen molar-refractivity contribution in [3.8, 4) is 0 Å². The van der Waals surface area contributed by atoms with Crippen molar-refractivity contribution in [1.29, 1.82) is 0 Å². The molecule has 2 rings (SSSR count). The molecular weight excluding hydrogens is 302 g/mol. The van der Waals surface area contributed by atoms with Crippen LogP contribution in [0.1, 0.15) is 18.4 Å². The van der Waals surface area contributed by atoms with Gasteiger partial charge in [0, 0.05) is 36.0 Å². The number of anilines is 1. The summed E-state index contributed by atoms with van der Waals surface area (Å²) in [5.41, 5.74) is 7.13. The standard InChI is InChI=1S/C15H21N3OS2/c1-18(13-7-9-21-10-13)8-6-14(19)17-12-4-2-11(3-5-12)15(16)20/h2-5,13H,6-10H2,1H3,(H2,16,20)(H,17,19). The number of nitrogens with zero attached hydrogens (tertiary/aromatic N) is 1. The maximum absolute atomic E-state index is 12.0. The van der Waals surface area contributed by atoms with E-state index in [1.54, 1.807) is 0 Å². The molecule has 114 valence electrons. The lowest BCUT2D eigenvalue weighted by atomic mass is 10.2. The highest BCUT2D eigenvalue weighted by Gasteiger charge is 2.20. The minimum absolute atomic E-state index is 0.0376. The molecule has 1 aromatic rings. The van der Waals surface area contributed by atoms with Gasteiger partial charge >= 0.3 is 0 Å². The third-order valence-electron chi connectivity index (χ3n) is 3.67. The van der Waals surface area contributed by atoms with E-state index in [0.717, 1.165) is 17.8 Å². The van der Waals surface area contributed by atoms with Gasteiger partial charge in [-0.3, -0.25) is 4.79 Å². The SMILES string of the molecule is CN(CCC(=O)Nc1ccc(C(N)=S)cc1)C1CCSC1. The fraction of sp³-hybridized carbons (Fsp3) is 0.467. The van der Waals surface area contributed by atoms with Crippen LogP contribution in [0.2, 0.25) is 0 Å². The molecule has 1 aliphatic rings. The molecule has 4 nitrogen and oxygen atoms in total. The van der Waals surface area contributed by atoms with Gasteiger partial charge in [0.15, 0.2) is 0 Å². The maximum Gasteiger partial charge on any atom is 0.225 e. The van der Waals surface area contributed by atoms with E-state index < -0.39 is 0 Å². The summed E-state index contributed by atoms with van der Waals surface area (Å²) in [6.07, 6.45) is 1.73. The fourth-order valence-corrected chi connectivity index (χ4v) is 3.71. The Morgan fingerprint density at radius 3 is 2.76 bits per heavy atom. The molecule has 0 aromatic heterocycles. The van der Waals surface area contributed by atoms with Crippen molar-refractivity contribution in [3.63, 3.8) is 0 Å². The Kier molecular flexibility index (Phi) is 6.02. The lowest BCUT2D eigenvalue weighted by molar-refractivity contribution is -0.116. The molecule has 0 saturated carbocycles. The molecule has 1 amide bonds. The molecule has 6 heteroatoms. The molecule has 1 heterocycles. The summed E-state index contributed by atoms with van der Waals surface area (Å²) in [4.78, 5) is 14.6. The Hall–Kier alpha value is -1.11. The fourth-order valence-electron chi connectivity index (χ4n) is 2.27. The van der Waals surface area contributed by atoms with E-state index >= 15 is 0 Å². The van der Waals surface area contributed by atoms with Crippen LogP contribution in [0.15, 0.2) is 24.3 Å². The van der Waals surface area contributed by atoms with E-state index in [-0.39, 0.29) is 5.91 Å². The van der Waals surface area contributed by atoms with Crippen molar-refractivity contribution in [2.75, 3.05) is 30.4 Å². The average Bonchev–Trinajstić information content (AvgIpc) is 2.99. The van der Waals surface area contributed by atoms with Gasteiger partial charge in [-0.05, 0) is 43.5 Å². The number of hydrogen-bond acceptors (Lipinski definition) is 4. The molecule has 1 saturated heterocycles. The summed E-state index contributed by atoms with van der Waals surface area (Å²) in [6.45, 7) is 0.794. The molecule has 21 heavy (non-hydrogen) atoms. The van der Waals surface area contributed by atoms with Crippen LogP contribution in [0, 0.1) is 0 Å². The Labute approximate surface area is 135 Å². The zero-order valence-electron chi connectivity index (χ0n) is 12.2. The van der Waals surface area contributed by atoms with Crippen LogP contribution in [0.25, 0.3) is 0 Å². The number of carbonyl (C=O) groups excluding carboxylic acids is 1. The predicted molar refractivity (Wildman–Crippen MR) is 93.9 cm³/mol. The van der Waals surface area contributed by atoms with Gasteiger partial charge in [-0.2, -0.15) is 11.8 Å². The number of nitrogens with two attached hydrogens (primary N) is 1. The minimum Gasteiger partial charge on any atom is -0.389 e. The highest BCUT2D eigenvalue weighted by molar-refractivity contribution is 7.99.